The molecule has 2 rings (SSSR count). The van der Waals surface area contributed by atoms with Crippen LogP contribution in [0.15, 0.2) is 18.2 Å². The monoisotopic (exact) mass is 289 g/mol. The van der Waals surface area contributed by atoms with Crippen molar-refractivity contribution in [3.8, 4) is 0 Å². The summed E-state index contributed by atoms with van der Waals surface area (Å²) in [7, 11) is -3.25. The second kappa shape index (κ2) is 4.88. The molecule has 0 spiro atoms. The Bertz CT molecular complexity index is 595. The lowest BCUT2D eigenvalue weighted by atomic mass is 10.1. The second-order valence-corrected chi connectivity index (χ2v) is 6.91. The van der Waals surface area contributed by atoms with Gasteiger partial charge < -0.3 is 4.90 Å². The Kier molecular flexibility index (Phi) is 3.58. The molecule has 0 saturated carbocycles. The summed E-state index contributed by atoms with van der Waals surface area (Å²) in [5, 5.41) is -0.661. The first kappa shape index (κ1) is 13.9. The number of likely N-dealkylation sites (tertiary alicyclic amines) is 1. The summed E-state index contributed by atoms with van der Waals surface area (Å²) in [5.74, 6) is -2.68. The molecule has 0 N–H and O–H groups in total. The van der Waals surface area contributed by atoms with E-state index in [1.807, 2.05) is 0 Å². The van der Waals surface area contributed by atoms with Crippen LogP contribution in [0.25, 0.3) is 0 Å². The number of halogens is 2. The number of amides is 1. The van der Waals surface area contributed by atoms with Gasteiger partial charge in [-0.2, -0.15) is 0 Å². The highest BCUT2D eigenvalue weighted by Crippen LogP contribution is 2.21. The molecule has 1 amide bonds. The van der Waals surface area contributed by atoms with Crippen molar-refractivity contribution in [2.45, 2.75) is 11.7 Å². The van der Waals surface area contributed by atoms with E-state index < -0.39 is 38.2 Å². The maximum Gasteiger partial charge on any atom is 0.259 e. The van der Waals surface area contributed by atoms with E-state index in [1.165, 1.54) is 11.0 Å². The first-order valence-electron chi connectivity index (χ1n) is 5.73. The van der Waals surface area contributed by atoms with Crippen molar-refractivity contribution >= 4 is 15.7 Å². The summed E-state index contributed by atoms with van der Waals surface area (Å²) in [6.45, 7) is 0.162. The largest absolute Gasteiger partial charge is 0.337 e. The zero-order valence-corrected chi connectivity index (χ0v) is 11.1. The van der Waals surface area contributed by atoms with Crippen LogP contribution in [-0.4, -0.2) is 43.8 Å². The third kappa shape index (κ3) is 2.75. The summed E-state index contributed by atoms with van der Waals surface area (Å²) < 4.78 is 49.7. The summed E-state index contributed by atoms with van der Waals surface area (Å²) in [6.07, 6.45) is 1.38. The fraction of sp³-hybridized carbons (Fsp3) is 0.417. The third-order valence-electron chi connectivity index (χ3n) is 3.21. The minimum absolute atomic E-state index is 0.0224. The predicted molar refractivity (Wildman–Crippen MR) is 65.5 cm³/mol. The fourth-order valence-corrected chi connectivity index (χ4v) is 3.11. The molecule has 7 heteroatoms. The maximum absolute atomic E-state index is 13.5. The van der Waals surface area contributed by atoms with Crippen molar-refractivity contribution in [3.05, 3.63) is 35.4 Å². The van der Waals surface area contributed by atoms with Crippen LogP contribution in [0.2, 0.25) is 0 Å². The SMILES string of the molecule is CS(=O)(=O)C1CCN(C(=O)c2c(F)cccc2F)C1. The minimum atomic E-state index is -3.25. The van der Waals surface area contributed by atoms with Crippen LogP contribution in [0.4, 0.5) is 8.78 Å². The highest BCUT2D eigenvalue weighted by Gasteiger charge is 2.34. The summed E-state index contributed by atoms with van der Waals surface area (Å²) in [6, 6.07) is 3.17. The number of hydrogen-bond acceptors (Lipinski definition) is 3. The Morgan fingerprint density at radius 2 is 1.89 bits per heavy atom. The molecule has 1 unspecified atom stereocenters. The molecular formula is C12H13F2NO3S. The van der Waals surface area contributed by atoms with Crippen LogP contribution in [0.3, 0.4) is 0 Å². The van der Waals surface area contributed by atoms with Crippen molar-refractivity contribution in [1.29, 1.82) is 0 Å². The van der Waals surface area contributed by atoms with Crippen molar-refractivity contribution in [3.63, 3.8) is 0 Å². The van der Waals surface area contributed by atoms with Gasteiger partial charge >= 0.3 is 0 Å². The number of carbonyl (C=O) groups is 1. The number of sulfone groups is 1. The van der Waals surface area contributed by atoms with E-state index in [0.29, 0.717) is 6.42 Å². The van der Waals surface area contributed by atoms with Crippen LogP contribution in [0.5, 0.6) is 0 Å². The van der Waals surface area contributed by atoms with Gasteiger partial charge in [0.2, 0.25) is 0 Å². The van der Waals surface area contributed by atoms with Gasteiger partial charge in [0.15, 0.2) is 9.84 Å². The van der Waals surface area contributed by atoms with Gasteiger partial charge in [-0.05, 0) is 18.6 Å². The standard InChI is InChI=1S/C12H13F2NO3S/c1-19(17,18)8-5-6-15(7-8)12(16)11-9(13)3-2-4-10(11)14/h2-4,8H,5-7H2,1H3. The van der Waals surface area contributed by atoms with Gasteiger partial charge in [0.05, 0.1) is 5.25 Å². The lowest BCUT2D eigenvalue weighted by molar-refractivity contribution is 0.0783. The van der Waals surface area contributed by atoms with Crippen molar-refractivity contribution in [1.82, 2.24) is 4.90 Å². The van der Waals surface area contributed by atoms with Crippen LogP contribution in [0, 0.1) is 11.6 Å². The topological polar surface area (TPSA) is 54.5 Å². The minimum Gasteiger partial charge on any atom is -0.337 e. The number of benzene rings is 1. The number of carbonyl (C=O) groups excluding carboxylic acids is 1. The molecule has 0 aromatic heterocycles. The van der Waals surface area contributed by atoms with E-state index in [1.54, 1.807) is 0 Å². The summed E-state index contributed by atoms with van der Waals surface area (Å²) >= 11 is 0. The lowest BCUT2D eigenvalue weighted by Gasteiger charge is -2.16. The number of nitrogens with zero attached hydrogens (tertiary/aromatic N) is 1. The van der Waals surface area contributed by atoms with E-state index >= 15 is 0 Å². The molecule has 1 saturated heterocycles. The molecule has 1 aromatic carbocycles. The highest BCUT2D eigenvalue weighted by atomic mass is 32.2. The Morgan fingerprint density at radius 3 is 2.37 bits per heavy atom. The molecule has 0 bridgehead atoms. The first-order chi connectivity index (χ1) is 8.80. The van der Waals surface area contributed by atoms with Gasteiger partial charge in [-0.3, -0.25) is 4.79 Å². The summed E-state index contributed by atoms with van der Waals surface area (Å²) in [5.41, 5.74) is -0.628. The second-order valence-electron chi connectivity index (χ2n) is 4.59. The smallest absolute Gasteiger partial charge is 0.259 e. The molecule has 1 aliphatic heterocycles. The van der Waals surface area contributed by atoms with E-state index in [9.17, 15) is 22.0 Å². The molecule has 1 fully saturated rings. The molecule has 1 atom stereocenters. The third-order valence-corrected chi connectivity index (χ3v) is 4.81. The van der Waals surface area contributed by atoms with Crippen molar-refractivity contribution in [2.75, 3.05) is 19.3 Å². The Balaban J connectivity index is 2.23. The number of hydrogen-bond donors (Lipinski definition) is 0. The normalized spacial score (nSPS) is 19.7. The molecule has 104 valence electrons. The molecule has 1 aromatic rings. The molecule has 19 heavy (non-hydrogen) atoms. The van der Waals surface area contributed by atoms with Crippen molar-refractivity contribution in [2.24, 2.45) is 0 Å². The van der Waals surface area contributed by atoms with Gasteiger partial charge in [-0.25, -0.2) is 17.2 Å². The fourth-order valence-electron chi connectivity index (χ4n) is 2.12. The lowest BCUT2D eigenvalue weighted by Crippen LogP contribution is -2.32. The number of rotatable bonds is 2. The van der Waals surface area contributed by atoms with E-state index in [2.05, 4.69) is 0 Å². The van der Waals surface area contributed by atoms with E-state index in [-0.39, 0.29) is 13.1 Å². The molecular weight excluding hydrogens is 276 g/mol. The van der Waals surface area contributed by atoms with Gasteiger partial charge in [-0.1, -0.05) is 6.07 Å². The zero-order chi connectivity index (χ0) is 14.2. The van der Waals surface area contributed by atoms with E-state index in [0.717, 1.165) is 18.4 Å². The quantitative estimate of drug-likeness (QED) is 0.822. The molecule has 0 radical (unpaired) electrons. The Morgan fingerprint density at radius 1 is 1.32 bits per heavy atom. The van der Waals surface area contributed by atoms with E-state index in [4.69, 9.17) is 0 Å². The Hall–Kier alpha value is -1.50. The average Bonchev–Trinajstić information content (AvgIpc) is 2.77. The first-order valence-corrected chi connectivity index (χ1v) is 7.68. The van der Waals surface area contributed by atoms with Crippen LogP contribution in [0.1, 0.15) is 16.8 Å². The van der Waals surface area contributed by atoms with Gasteiger partial charge in [0, 0.05) is 19.3 Å². The molecule has 0 aliphatic carbocycles. The molecule has 1 aliphatic rings. The maximum atomic E-state index is 13.5. The van der Waals surface area contributed by atoms with Gasteiger partial charge in [-0.15, -0.1) is 0 Å². The van der Waals surface area contributed by atoms with Gasteiger partial charge in [0.25, 0.3) is 5.91 Å². The average molecular weight is 289 g/mol. The van der Waals surface area contributed by atoms with Crippen LogP contribution >= 0.6 is 0 Å². The predicted octanol–water partition coefficient (Wildman–Crippen LogP) is 1.22. The van der Waals surface area contributed by atoms with Crippen LogP contribution in [-0.2, 0) is 9.84 Å². The summed E-state index contributed by atoms with van der Waals surface area (Å²) in [4.78, 5) is 13.2. The van der Waals surface area contributed by atoms with Gasteiger partial charge in [0.1, 0.15) is 17.2 Å². The molecule has 4 nitrogen and oxygen atoms in total. The highest BCUT2D eigenvalue weighted by molar-refractivity contribution is 7.91. The zero-order valence-electron chi connectivity index (χ0n) is 10.3. The Labute approximate surface area is 109 Å². The van der Waals surface area contributed by atoms with Crippen LogP contribution < -0.4 is 0 Å². The van der Waals surface area contributed by atoms with Crippen molar-refractivity contribution < 1.29 is 22.0 Å². The molecule has 1 heterocycles.